The van der Waals surface area contributed by atoms with Crippen LogP contribution in [0.5, 0.6) is 0 Å². The first-order valence-corrected chi connectivity index (χ1v) is 11.9. The van der Waals surface area contributed by atoms with Gasteiger partial charge in [-0.25, -0.2) is 4.79 Å². The van der Waals surface area contributed by atoms with E-state index in [0.717, 1.165) is 47.4 Å². The summed E-state index contributed by atoms with van der Waals surface area (Å²) in [7, 11) is 1.39. The molecule has 1 aliphatic carbocycles. The molecular weight excluding hydrogens is 452 g/mol. The predicted molar refractivity (Wildman–Crippen MR) is 126 cm³/mol. The number of carbonyl (C=O) groups excluding carboxylic acids is 2. The number of halogens is 1. The number of hydrogen-bond donors (Lipinski definition) is 1. The second-order valence-corrected chi connectivity index (χ2v) is 9.35. The number of thioether (sulfide) groups is 1. The molecule has 32 heavy (non-hydrogen) atoms. The molecule has 1 amide bonds. The number of carbonyl (C=O) groups is 2. The van der Waals surface area contributed by atoms with Crippen molar-refractivity contribution >= 4 is 41.1 Å². The fourth-order valence-corrected chi connectivity index (χ4v) is 4.68. The number of ether oxygens (including phenoxy) is 2. The maximum atomic E-state index is 12.4. The van der Waals surface area contributed by atoms with Crippen molar-refractivity contribution in [2.24, 2.45) is 0 Å². The van der Waals surface area contributed by atoms with Gasteiger partial charge in [0.05, 0.1) is 12.4 Å². The van der Waals surface area contributed by atoms with E-state index in [1.54, 1.807) is 0 Å². The molecular formula is C23H27ClN2O5S. The minimum absolute atomic E-state index is 0.237. The van der Waals surface area contributed by atoms with Crippen molar-refractivity contribution in [3.8, 4) is 11.3 Å². The third kappa shape index (κ3) is 6.29. The number of aromatic nitrogens is 1. The molecule has 2 aromatic rings. The van der Waals surface area contributed by atoms with Crippen LogP contribution in [-0.4, -0.2) is 35.7 Å². The average Bonchev–Trinajstić information content (AvgIpc) is 3.25. The molecule has 2 unspecified atom stereocenters. The average molecular weight is 479 g/mol. The summed E-state index contributed by atoms with van der Waals surface area (Å²) in [5.41, 5.74) is 3.75. The Morgan fingerprint density at radius 2 is 1.94 bits per heavy atom. The standard InChI is InChI=1S/C23H27ClN2O5S/c1-14(18-6-4-5-7-19(18)24)31-23(28)25-20-12-30-26-21(20)17-10-8-16(9-11-17)13-32-15(2)22(27)29-3/h8-12,14-15H,4-7,13H2,1-3H3,(H,25,28). The molecule has 7 nitrogen and oxygen atoms in total. The Morgan fingerprint density at radius 1 is 1.22 bits per heavy atom. The van der Waals surface area contributed by atoms with Crippen molar-refractivity contribution in [3.05, 3.63) is 46.7 Å². The first kappa shape index (κ1) is 24.2. The van der Waals surface area contributed by atoms with Gasteiger partial charge in [0.15, 0.2) is 0 Å². The van der Waals surface area contributed by atoms with Gasteiger partial charge in [-0.05, 0) is 50.7 Å². The van der Waals surface area contributed by atoms with E-state index in [2.05, 4.69) is 10.5 Å². The Balaban J connectivity index is 1.60. The first-order chi connectivity index (χ1) is 15.4. The van der Waals surface area contributed by atoms with Gasteiger partial charge in [0.1, 0.15) is 23.7 Å². The normalized spacial score (nSPS) is 15.8. The molecule has 0 aliphatic heterocycles. The number of rotatable bonds is 8. The number of methoxy groups -OCH3 is 1. The van der Waals surface area contributed by atoms with E-state index in [9.17, 15) is 9.59 Å². The molecule has 172 valence electrons. The lowest BCUT2D eigenvalue weighted by molar-refractivity contribution is -0.139. The molecule has 0 saturated carbocycles. The summed E-state index contributed by atoms with van der Waals surface area (Å²) in [6.45, 7) is 3.64. The quantitative estimate of drug-likeness (QED) is 0.455. The van der Waals surface area contributed by atoms with E-state index in [0.29, 0.717) is 17.1 Å². The Bertz CT molecular complexity index is 973. The first-order valence-electron chi connectivity index (χ1n) is 10.5. The lowest BCUT2D eigenvalue weighted by Crippen LogP contribution is -2.23. The smallest absolute Gasteiger partial charge is 0.412 e. The van der Waals surface area contributed by atoms with Crippen molar-refractivity contribution in [1.29, 1.82) is 0 Å². The number of esters is 1. The molecule has 0 spiro atoms. The largest absolute Gasteiger partial charge is 0.468 e. The van der Waals surface area contributed by atoms with Crippen LogP contribution >= 0.6 is 23.4 Å². The fourth-order valence-electron chi connectivity index (χ4n) is 3.43. The zero-order chi connectivity index (χ0) is 23.1. The number of nitrogens with zero attached hydrogens (tertiary/aromatic N) is 1. The molecule has 3 rings (SSSR count). The minimum atomic E-state index is -0.589. The Labute approximate surface area is 196 Å². The molecule has 1 N–H and O–H groups in total. The number of benzene rings is 1. The van der Waals surface area contributed by atoms with Crippen LogP contribution in [0.1, 0.15) is 45.1 Å². The molecule has 9 heteroatoms. The SMILES string of the molecule is COC(=O)C(C)SCc1ccc(-c2nocc2NC(=O)OC(C)C2=C(Cl)CCCC2)cc1. The number of nitrogens with one attached hydrogen (secondary N) is 1. The predicted octanol–water partition coefficient (Wildman–Crippen LogP) is 6.14. The van der Waals surface area contributed by atoms with Gasteiger partial charge in [-0.2, -0.15) is 0 Å². The van der Waals surface area contributed by atoms with Crippen molar-refractivity contribution < 1.29 is 23.6 Å². The highest BCUT2D eigenvalue weighted by molar-refractivity contribution is 7.99. The second-order valence-electron chi connectivity index (χ2n) is 7.56. The lowest BCUT2D eigenvalue weighted by atomic mass is 9.96. The van der Waals surface area contributed by atoms with Crippen LogP contribution < -0.4 is 5.32 Å². The maximum absolute atomic E-state index is 12.4. The van der Waals surface area contributed by atoms with Crippen LogP contribution in [0.3, 0.4) is 0 Å². The van der Waals surface area contributed by atoms with E-state index < -0.39 is 12.2 Å². The van der Waals surface area contributed by atoms with Crippen molar-refractivity contribution in [3.63, 3.8) is 0 Å². The number of hydrogen-bond acceptors (Lipinski definition) is 7. The molecule has 2 atom stereocenters. The van der Waals surface area contributed by atoms with Gasteiger partial charge in [-0.3, -0.25) is 10.1 Å². The highest BCUT2D eigenvalue weighted by atomic mass is 35.5. The zero-order valence-electron chi connectivity index (χ0n) is 18.4. The van der Waals surface area contributed by atoms with Crippen LogP contribution in [0.4, 0.5) is 10.5 Å². The molecule has 0 saturated heterocycles. The maximum Gasteiger partial charge on any atom is 0.412 e. The zero-order valence-corrected chi connectivity index (χ0v) is 19.9. The van der Waals surface area contributed by atoms with Crippen molar-refractivity contribution in [1.82, 2.24) is 5.16 Å². The van der Waals surface area contributed by atoms with Crippen LogP contribution in [0.2, 0.25) is 0 Å². The summed E-state index contributed by atoms with van der Waals surface area (Å²) >= 11 is 7.80. The Hall–Kier alpha value is -2.45. The topological polar surface area (TPSA) is 90.7 Å². The Morgan fingerprint density at radius 3 is 2.62 bits per heavy atom. The summed E-state index contributed by atoms with van der Waals surface area (Å²) in [5.74, 6) is 0.427. The highest BCUT2D eigenvalue weighted by Crippen LogP contribution is 2.31. The van der Waals surface area contributed by atoms with E-state index in [4.69, 9.17) is 25.6 Å². The van der Waals surface area contributed by atoms with Gasteiger partial charge < -0.3 is 14.0 Å². The third-order valence-corrected chi connectivity index (χ3v) is 6.91. The van der Waals surface area contributed by atoms with Gasteiger partial charge in [0.2, 0.25) is 0 Å². The summed E-state index contributed by atoms with van der Waals surface area (Å²) in [5, 5.41) is 7.28. The molecule has 1 heterocycles. The lowest BCUT2D eigenvalue weighted by Gasteiger charge is -2.22. The summed E-state index contributed by atoms with van der Waals surface area (Å²) in [4.78, 5) is 24.0. The fraction of sp³-hybridized carbons (Fsp3) is 0.435. The van der Waals surface area contributed by atoms with Gasteiger partial charge >= 0.3 is 12.1 Å². The van der Waals surface area contributed by atoms with Crippen LogP contribution in [0.15, 0.2) is 45.7 Å². The van der Waals surface area contributed by atoms with Gasteiger partial charge in [-0.15, -0.1) is 11.8 Å². The van der Waals surface area contributed by atoms with E-state index in [-0.39, 0.29) is 11.2 Å². The number of amides is 1. The van der Waals surface area contributed by atoms with E-state index in [1.807, 2.05) is 38.1 Å². The highest BCUT2D eigenvalue weighted by Gasteiger charge is 2.22. The summed E-state index contributed by atoms with van der Waals surface area (Å²) in [6.07, 6.45) is 4.17. The molecule has 0 bridgehead atoms. The summed E-state index contributed by atoms with van der Waals surface area (Å²) < 4.78 is 15.3. The molecule has 0 radical (unpaired) electrons. The van der Waals surface area contributed by atoms with Crippen LogP contribution in [0, 0.1) is 0 Å². The van der Waals surface area contributed by atoms with Crippen LogP contribution in [-0.2, 0) is 20.0 Å². The number of allylic oxidation sites excluding steroid dienone is 1. The molecule has 1 aliphatic rings. The van der Waals surface area contributed by atoms with E-state index >= 15 is 0 Å². The van der Waals surface area contributed by atoms with Gasteiger partial charge in [0, 0.05) is 16.3 Å². The van der Waals surface area contributed by atoms with Crippen LogP contribution in [0.25, 0.3) is 11.3 Å². The minimum Gasteiger partial charge on any atom is -0.468 e. The summed E-state index contributed by atoms with van der Waals surface area (Å²) in [6, 6.07) is 7.68. The number of anilines is 1. The van der Waals surface area contributed by atoms with Crippen molar-refractivity contribution in [2.75, 3.05) is 12.4 Å². The van der Waals surface area contributed by atoms with Crippen molar-refractivity contribution in [2.45, 2.75) is 56.6 Å². The third-order valence-electron chi connectivity index (χ3n) is 5.28. The molecule has 1 aromatic carbocycles. The van der Waals surface area contributed by atoms with Gasteiger partial charge in [-0.1, -0.05) is 41.0 Å². The monoisotopic (exact) mass is 478 g/mol. The van der Waals surface area contributed by atoms with Gasteiger partial charge in [0.25, 0.3) is 0 Å². The molecule has 0 fully saturated rings. The molecule has 1 aromatic heterocycles. The van der Waals surface area contributed by atoms with E-state index in [1.165, 1.54) is 25.1 Å². The Kier molecular flexibility index (Phi) is 8.64. The second kappa shape index (κ2) is 11.4.